The van der Waals surface area contributed by atoms with Crippen LogP contribution in [-0.2, 0) is 0 Å². The van der Waals surface area contributed by atoms with Crippen molar-refractivity contribution >= 4 is 39.2 Å². The molecule has 6 rings (SSSR count). The molecule has 0 spiro atoms. The quantitative estimate of drug-likeness (QED) is 0.306. The Labute approximate surface area is 214 Å². The summed E-state index contributed by atoms with van der Waals surface area (Å²) in [5, 5.41) is 12.0. The molecule has 182 valence electrons. The lowest BCUT2D eigenvalue weighted by Gasteiger charge is -2.24. The number of anilines is 1. The molecular formula is C27H20ClN7O2. The number of aromatic amines is 2. The van der Waals surface area contributed by atoms with E-state index in [0.717, 1.165) is 11.1 Å². The number of hydrogen-bond acceptors (Lipinski definition) is 6. The molecule has 10 heteroatoms. The van der Waals surface area contributed by atoms with Gasteiger partial charge in [0, 0.05) is 35.1 Å². The minimum atomic E-state index is -0.514. The van der Waals surface area contributed by atoms with Crippen LogP contribution in [0.3, 0.4) is 0 Å². The summed E-state index contributed by atoms with van der Waals surface area (Å²) in [6.45, 7) is 1.87. The third-order valence-electron chi connectivity index (χ3n) is 6.32. The highest BCUT2D eigenvalue weighted by atomic mass is 35.5. The highest BCUT2D eigenvalue weighted by molar-refractivity contribution is 6.36. The van der Waals surface area contributed by atoms with Gasteiger partial charge in [-0.2, -0.15) is 5.10 Å². The second-order valence-corrected chi connectivity index (χ2v) is 8.92. The van der Waals surface area contributed by atoms with Crippen molar-refractivity contribution in [3.63, 3.8) is 0 Å². The molecule has 2 aromatic carbocycles. The molecule has 0 saturated carbocycles. The van der Waals surface area contributed by atoms with Crippen molar-refractivity contribution in [2.24, 2.45) is 0 Å². The number of para-hydroxylation sites is 1. The van der Waals surface area contributed by atoms with Gasteiger partial charge in [-0.15, -0.1) is 0 Å². The molecule has 9 nitrogen and oxygen atoms in total. The van der Waals surface area contributed by atoms with Crippen LogP contribution in [0.4, 0.5) is 5.82 Å². The smallest absolute Gasteiger partial charge is 0.263 e. The fourth-order valence-corrected chi connectivity index (χ4v) is 5.08. The van der Waals surface area contributed by atoms with E-state index < -0.39 is 6.04 Å². The van der Waals surface area contributed by atoms with E-state index in [-0.39, 0.29) is 11.0 Å². The normalized spacial score (nSPS) is 12.2. The lowest BCUT2D eigenvalue weighted by atomic mass is 9.99. The van der Waals surface area contributed by atoms with Gasteiger partial charge in [0.25, 0.3) is 5.56 Å². The van der Waals surface area contributed by atoms with Gasteiger partial charge in [-0.05, 0) is 24.6 Å². The van der Waals surface area contributed by atoms with Crippen LogP contribution in [0.1, 0.15) is 18.7 Å². The first kappa shape index (κ1) is 22.7. The van der Waals surface area contributed by atoms with Crippen LogP contribution in [0.25, 0.3) is 38.6 Å². The first-order chi connectivity index (χ1) is 18.0. The highest BCUT2D eigenvalue weighted by Crippen LogP contribution is 2.36. The molecule has 0 radical (unpaired) electrons. The minimum absolute atomic E-state index is 0.223. The van der Waals surface area contributed by atoms with E-state index >= 15 is 0 Å². The number of halogens is 1. The molecule has 0 bridgehead atoms. The number of aromatic nitrogens is 6. The molecule has 0 saturated heterocycles. The Morgan fingerprint density at radius 1 is 1.00 bits per heavy atom. The summed E-state index contributed by atoms with van der Waals surface area (Å²) in [5.74, 6) is 0.342. The first-order valence-electron chi connectivity index (χ1n) is 11.5. The lowest BCUT2D eigenvalue weighted by Crippen LogP contribution is -2.27. The topological polar surface area (TPSA) is 121 Å². The molecule has 0 fully saturated rings. The van der Waals surface area contributed by atoms with E-state index in [1.54, 1.807) is 17.0 Å². The molecule has 0 unspecified atom stereocenters. The Kier molecular flexibility index (Phi) is 5.54. The molecule has 4 heterocycles. The predicted molar refractivity (Wildman–Crippen MR) is 144 cm³/mol. The summed E-state index contributed by atoms with van der Waals surface area (Å²) >= 11 is 7.09. The van der Waals surface area contributed by atoms with Crippen molar-refractivity contribution in [2.45, 2.75) is 13.0 Å². The standard InChI is InChI=1S/C27H20ClN7O2/c1-15(34-26-22-20(36)10-11-29-25(22)30-14-31-26)24-23(28)19-9-5-8-18(16-12-32-33-13-16)21(19)27(37)35(24)17-6-3-2-4-7-17/h2-15H,1H3,(H,32,33)(H2,29,30,31,34,36)/t15-/m0/s1. The number of hydrogen-bond donors (Lipinski definition) is 3. The minimum Gasteiger partial charge on any atom is -0.361 e. The lowest BCUT2D eigenvalue weighted by molar-refractivity contribution is 0.774. The average molecular weight is 510 g/mol. The van der Waals surface area contributed by atoms with E-state index in [9.17, 15) is 9.59 Å². The molecule has 6 aromatic rings. The van der Waals surface area contributed by atoms with E-state index in [4.69, 9.17) is 11.6 Å². The van der Waals surface area contributed by atoms with Crippen LogP contribution in [0.2, 0.25) is 5.02 Å². The fourth-order valence-electron chi connectivity index (χ4n) is 4.67. The van der Waals surface area contributed by atoms with Crippen molar-refractivity contribution in [1.29, 1.82) is 0 Å². The third-order valence-corrected chi connectivity index (χ3v) is 6.72. The molecule has 1 atom stereocenters. The van der Waals surface area contributed by atoms with Gasteiger partial charge in [0.2, 0.25) is 0 Å². The zero-order chi connectivity index (χ0) is 25.5. The highest BCUT2D eigenvalue weighted by Gasteiger charge is 2.24. The summed E-state index contributed by atoms with van der Waals surface area (Å²) < 4.78 is 1.61. The fraction of sp³-hybridized carbons (Fsp3) is 0.0741. The summed E-state index contributed by atoms with van der Waals surface area (Å²) in [6.07, 6.45) is 6.32. The molecule has 0 aliphatic rings. The SMILES string of the molecule is C[C@H](Nc1ncnc2[nH]ccc(=O)c12)c1c(Cl)c2cccc(-c3cn[nH]c3)c2c(=O)n1-c1ccccc1. The van der Waals surface area contributed by atoms with E-state index in [1.807, 2.05) is 55.5 Å². The van der Waals surface area contributed by atoms with Gasteiger partial charge in [0.15, 0.2) is 5.43 Å². The Morgan fingerprint density at radius 2 is 1.84 bits per heavy atom. The van der Waals surface area contributed by atoms with Crippen LogP contribution >= 0.6 is 11.6 Å². The molecule has 0 amide bonds. The molecule has 0 aliphatic heterocycles. The van der Waals surface area contributed by atoms with Gasteiger partial charge >= 0.3 is 0 Å². The van der Waals surface area contributed by atoms with Gasteiger partial charge < -0.3 is 10.3 Å². The van der Waals surface area contributed by atoms with E-state index in [1.165, 1.54) is 18.6 Å². The second-order valence-electron chi connectivity index (χ2n) is 8.54. The van der Waals surface area contributed by atoms with Crippen molar-refractivity contribution in [2.75, 3.05) is 5.32 Å². The molecule has 3 N–H and O–H groups in total. The number of nitrogens with one attached hydrogen (secondary N) is 3. The summed E-state index contributed by atoms with van der Waals surface area (Å²) in [4.78, 5) is 38.3. The summed E-state index contributed by atoms with van der Waals surface area (Å²) in [7, 11) is 0. The Hall–Kier alpha value is -4.76. The van der Waals surface area contributed by atoms with Crippen LogP contribution in [0.5, 0.6) is 0 Å². The summed E-state index contributed by atoms with van der Waals surface area (Å²) in [6, 6.07) is 15.8. The molecular weight excluding hydrogens is 490 g/mol. The number of fused-ring (bicyclic) bond motifs is 2. The first-order valence-corrected chi connectivity index (χ1v) is 11.9. The van der Waals surface area contributed by atoms with E-state index in [0.29, 0.717) is 44.0 Å². The predicted octanol–water partition coefficient (Wildman–Crippen LogP) is 4.84. The zero-order valence-corrected chi connectivity index (χ0v) is 20.3. The maximum atomic E-state index is 14.2. The molecule has 4 aromatic heterocycles. The maximum absolute atomic E-state index is 14.2. The van der Waals surface area contributed by atoms with Gasteiger partial charge in [-0.1, -0.05) is 48.0 Å². The van der Waals surface area contributed by atoms with Crippen molar-refractivity contribution in [3.8, 4) is 16.8 Å². The van der Waals surface area contributed by atoms with Crippen LogP contribution in [0, 0.1) is 0 Å². The third kappa shape index (κ3) is 3.76. The number of rotatable bonds is 5. The van der Waals surface area contributed by atoms with Gasteiger partial charge in [0.05, 0.1) is 28.3 Å². The van der Waals surface area contributed by atoms with Crippen molar-refractivity contribution < 1.29 is 0 Å². The largest absolute Gasteiger partial charge is 0.361 e. The number of nitrogens with zero attached hydrogens (tertiary/aromatic N) is 4. The maximum Gasteiger partial charge on any atom is 0.263 e. The summed E-state index contributed by atoms with van der Waals surface area (Å²) in [5.41, 5.74) is 2.66. The van der Waals surface area contributed by atoms with Crippen molar-refractivity contribution in [3.05, 3.63) is 111 Å². The van der Waals surface area contributed by atoms with Crippen LogP contribution in [-0.4, -0.2) is 29.7 Å². The monoisotopic (exact) mass is 509 g/mol. The average Bonchev–Trinajstić information content (AvgIpc) is 3.46. The van der Waals surface area contributed by atoms with Crippen LogP contribution in [0.15, 0.2) is 89.1 Å². The second kappa shape index (κ2) is 9.03. The molecule has 37 heavy (non-hydrogen) atoms. The van der Waals surface area contributed by atoms with Crippen LogP contribution < -0.4 is 16.3 Å². The van der Waals surface area contributed by atoms with Gasteiger partial charge in [-0.25, -0.2) is 9.97 Å². The molecule has 0 aliphatic carbocycles. The van der Waals surface area contributed by atoms with Gasteiger partial charge in [-0.3, -0.25) is 19.3 Å². The van der Waals surface area contributed by atoms with Gasteiger partial charge in [0.1, 0.15) is 23.2 Å². The number of pyridine rings is 2. The van der Waals surface area contributed by atoms with Crippen molar-refractivity contribution in [1.82, 2.24) is 29.7 Å². The Bertz CT molecular complexity index is 1870. The Morgan fingerprint density at radius 3 is 2.62 bits per heavy atom. The number of H-pyrrole nitrogens is 2. The van der Waals surface area contributed by atoms with E-state index in [2.05, 4.69) is 30.5 Å². The Balaban J connectivity index is 1.62. The number of benzene rings is 2. The zero-order valence-electron chi connectivity index (χ0n) is 19.6.